The van der Waals surface area contributed by atoms with Gasteiger partial charge < -0.3 is 18.9 Å². The molecule has 10 nitrogen and oxygen atoms in total. The number of hydrogen-bond donors (Lipinski definition) is 0. The first kappa shape index (κ1) is 23.5. The van der Waals surface area contributed by atoms with E-state index in [1.165, 1.54) is 12.1 Å². The number of ether oxygens (including phenoxy) is 4. The molecule has 0 N–H and O–H groups in total. The third kappa shape index (κ3) is 4.31. The predicted molar refractivity (Wildman–Crippen MR) is 124 cm³/mol. The van der Waals surface area contributed by atoms with Crippen LogP contribution in [0.3, 0.4) is 0 Å². The standard InChI is InChI=1S/C25H28N2O8/c1-13-21(24(29)33-11-14-5-4-6-32-14)22(23-16(26-13)9-25(2,3)10-18(23)28)15-7-19-20(35-12-34-19)8-17(15)27(30)31/h7-8,14,22-23H,4-6,9-12H2,1-3H3/t14-,22-,23+/m1/s1. The Kier molecular flexibility index (Phi) is 5.86. The highest BCUT2D eigenvalue weighted by atomic mass is 16.7. The lowest BCUT2D eigenvalue weighted by Crippen LogP contribution is -2.44. The van der Waals surface area contributed by atoms with E-state index in [1.54, 1.807) is 6.92 Å². The van der Waals surface area contributed by atoms with Crippen molar-refractivity contribution in [2.45, 2.75) is 58.5 Å². The van der Waals surface area contributed by atoms with Crippen LogP contribution in [0.4, 0.5) is 5.69 Å². The summed E-state index contributed by atoms with van der Waals surface area (Å²) >= 11 is 0. The van der Waals surface area contributed by atoms with Gasteiger partial charge in [-0.05, 0) is 37.7 Å². The maximum absolute atomic E-state index is 13.5. The molecule has 0 radical (unpaired) electrons. The first-order chi connectivity index (χ1) is 16.6. The van der Waals surface area contributed by atoms with Crippen molar-refractivity contribution in [2.24, 2.45) is 16.3 Å². The molecule has 3 heterocycles. The first-order valence-electron chi connectivity index (χ1n) is 11.8. The quantitative estimate of drug-likeness (QED) is 0.350. The molecular formula is C25H28N2O8. The Hall–Kier alpha value is -3.27. The third-order valence-electron chi connectivity index (χ3n) is 7.06. The van der Waals surface area contributed by atoms with E-state index in [-0.39, 0.29) is 59.7 Å². The molecule has 0 spiro atoms. The zero-order chi connectivity index (χ0) is 24.9. The summed E-state index contributed by atoms with van der Waals surface area (Å²) < 4.78 is 22.0. The van der Waals surface area contributed by atoms with Crippen LogP contribution in [0.1, 0.15) is 57.9 Å². The molecule has 10 heteroatoms. The second kappa shape index (κ2) is 8.75. The van der Waals surface area contributed by atoms with Gasteiger partial charge in [0.1, 0.15) is 12.4 Å². The van der Waals surface area contributed by atoms with Gasteiger partial charge in [0.05, 0.1) is 28.6 Å². The lowest BCUT2D eigenvalue weighted by Gasteiger charge is -2.40. The van der Waals surface area contributed by atoms with Gasteiger partial charge in [0.25, 0.3) is 5.69 Å². The highest BCUT2D eigenvalue weighted by Gasteiger charge is 2.50. The maximum atomic E-state index is 13.5. The number of Topliss-reactive ketones (excluding diaryl/α,β-unsaturated/α-hetero) is 1. The van der Waals surface area contributed by atoms with E-state index in [4.69, 9.17) is 18.9 Å². The van der Waals surface area contributed by atoms with Gasteiger partial charge in [0, 0.05) is 35.9 Å². The number of ketones is 1. The molecule has 3 atom stereocenters. The summed E-state index contributed by atoms with van der Waals surface area (Å²) in [4.78, 5) is 43.2. The maximum Gasteiger partial charge on any atom is 0.336 e. The van der Waals surface area contributed by atoms with E-state index in [9.17, 15) is 19.7 Å². The lowest BCUT2D eigenvalue weighted by molar-refractivity contribution is -0.385. The smallest absolute Gasteiger partial charge is 0.336 e. The number of nitro groups is 1. The Morgan fingerprint density at radius 3 is 2.66 bits per heavy atom. The number of allylic oxidation sites excluding steroid dienone is 1. The minimum Gasteiger partial charge on any atom is -0.460 e. The zero-order valence-electron chi connectivity index (χ0n) is 20.0. The molecule has 0 amide bonds. The van der Waals surface area contributed by atoms with Crippen molar-refractivity contribution >= 4 is 23.2 Å². The van der Waals surface area contributed by atoms with Gasteiger partial charge in [0.15, 0.2) is 11.5 Å². The number of fused-ring (bicyclic) bond motifs is 2. The molecule has 1 saturated heterocycles. The Morgan fingerprint density at radius 2 is 1.97 bits per heavy atom. The fraction of sp³-hybridized carbons (Fsp3) is 0.560. The Labute approximate surface area is 202 Å². The minimum absolute atomic E-state index is 0.0605. The van der Waals surface area contributed by atoms with Gasteiger partial charge in [0.2, 0.25) is 6.79 Å². The van der Waals surface area contributed by atoms with Crippen LogP contribution in [-0.2, 0) is 19.1 Å². The minimum atomic E-state index is -0.919. The van der Waals surface area contributed by atoms with E-state index in [0.29, 0.717) is 30.2 Å². The van der Waals surface area contributed by atoms with Crippen LogP contribution in [0.25, 0.3) is 0 Å². The molecule has 2 fully saturated rings. The Bertz CT molecular complexity index is 1160. The summed E-state index contributed by atoms with van der Waals surface area (Å²) in [6.45, 7) is 6.31. The number of carbonyl (C=O) groups is 2. The Balaban J connectivity index is 1.62. The summed E-state index contributed by atoms with van der Waals surface area (Å²) in [5, 5.41) is 12.1. The van der Waals surface area contributed by atoms with Gasteiger partial charge in [-0.25, -0.2) is 4.79 Å². The topological polar surface area (TPSA) is 127 Å². The van der Waals surface area contributed by atoms with Crippen molar-refractivity contribution in [3.05, 3.63) is 39.1 Å². The largest absolute Gasteiger partial charge is 0.460 e. The van der Waals surface area contributed by atoms with Gasteiger partial charge >= 0.3 is 5.97 Å². The van der Waals surface area contributed by atoms with E-state index in [1.807, 2.05) is 13.8 Å². The molecule has 0 bridgehead atoms. The number of hydrogen-bond acceptors (Lipinski definition) is 9. The van der Waals surface area contributed by atoms with Crippen molar-refractivity contribution < 1.29 is 33.5 Å². The summed E-state index contributed by atoms with van der Waals surface area (Å²) in [6, 6.07) is 2.81. The van der Waals surface area contributed by atoms with Gasteiger partial charge in [-0.3, -0.25) is 19.9 Å². The summed E-state index contributed by atoms with van der Waals surface area (Å²) in [5.41, 5.74) is 0.873. The van der Waals surface area contributed by atoms with Gasteiger partial charge in [-0.15, -0.1) is 0 Å². The SMILES string of the molecule is CC1=C(C(=O)OC[C@H]2CCCO2)[C@@H](c2cc3c(cc2[N+](=O)[O-])OCO3)[C@@H]2C(=O)CC(C)(C)CC2=N1. The molecule has 35 heavy (non-hydrogen) atoms. The molecule has 1 aromatic carbocycles. The summed E-state index contributed by atoms with van der Waals surface area (Å²) in [5.74, 6) is -1.87. The lowest BCUT2D eigenvalue weighted by atomic mass is 9.63. The van der Waals surface area contributed by atoms with Crippen LogP contribution >= 0.6 is 0 Å². The Morgan fingerprint density at radius 1 is 1.23 bits per heavy atom. The number of esters is 1. The monoisotopic (exact) mass is 484 g/mol. The molecule has 186 valence electrons. The molecular weight excluding hydrogens is 456 g/mol. The second-order valence-corrected chi connectivity index (χ2v) is 10.3. The molecule has 0 unspecified atom stereocenters. The van der Waals surface area contributed by atoms with Crippen LogP contribution in [0.15, 0.2) is 28.4 Å². The number of aliphatic imine (C=N–C) groups is 1. The van der Waals surface area contributed by atoms with Crippen molar-refractivity contribution in [2.75, 3.05) is 20.0 Å². The molecule has 1 aromatic rings. The average molecular weight is 485 g/mol. The van der Waals surface area contributed by atoms with Crippen LogP contribution in [0.5, 0.6) is 11.5 Å². The first-order valence-corrected chi connectivity index (χ1v) is 11.8. The fourth-order valence-electron chi connectivity index (χ4n) is 5.57. The molecule has 1 saturated carbocycles. The van der Waals surface area contributed by atoms with Crippen molar-refractivity contribution in [3.8, 4) is 11.5 Å². The van der Waals surface area contributed by atoms with Crippen molar-refractivity contribution in [1.82, 2.24) is 0 Å². The van der Waals surface area contributed by atoms with Crippen molar-refractivity contribution in [1.29, 1.82) is 0 Å². The molecule has 1 aliphatic carbocycles. The van der Waals surface area contributed by atoms with E-state index < -0.39 is 22.7 Å². The number of nitrogens with zero attached hydrogens (tertiary/aromatic N) is 2. The van der Waals surface area contributed by atoms with Crippen LogP contribution in [0.2, 0.25) is 0 Å². The second-order valence-electron chi connectivity index (χ2n) is 10.3. The molecule has 4 aliphatic rings. The highest BCUT2D eigenvalue weighted by Crippen LogP contribution is 2.51. The summed E-state index contributed by atoms with van der Waals surface area (Å²) in [6.07, 6.45) is 2.34. The van der Waals surface area contributed by atoms with Crippen LogP contribution < -0.4 is 9.47 Å². The normalized spacial score (nSPS) is 26.9. The molecule has 5 rings (SSSR count). The highest BCUT2D eigenvalue weighted by molar-refractivity contribution is 6.12. The fourth-order valence-corrected chi connectivity index (χ4v) is 5.57. The number of nitro benzene ring substituents is 1. The van der Waals surface area contributed by atoms with Gasteiger partial charge in [-0.1, -0.05) is 13.8 Å². The summed E-state index contributed by atoms with van der Waals surface area (Å²) in [7, 11) is 0. The predicted octanol–water partition coefficient (Wildman–Crippen LogP) is 3.86. The molecule has 3 aliphatic heterocycles. The van der Waals surface area contributed by atoms with Gasteiger partial charge in [-0.2, -0.15) is 0 Å². The number of benzene rings is 1. The van der Waals surface area contributed by atoms with Crippen LogP contribution in [0, 0.1) is 21.4 Å². The van der Waals surface area contributed by atoms with Crippen molar-refractivity contribution in [3.63, 3.8) is 0 Å². The van der Waals surface area contributed by atoms with E-state index >= 15 is 0 Å². The number of carbonyl (C=O) groups excluding carboxylic acids is 2. The third-order valence-corrected chi connectivity index (χ3v) is 7.06. The average Bonchev–Trinajstić information content (AvgIpc) is 3.46. The zero-order valence-corrected chi connectivity index (χ0v) is 20.0. The van der Waals surface area contributed by atoms with E-state index in [2.05, 4.69) is 4.99 Å². The van der Waals surface area contributed by atoms with E-state index in [0.717, 1.165) is 12.8 Å². The van der Waals surface area contributed by atoms with Crippen LogP contribution in [-0.4, -0.2) is 48.5 Å². The molecule has 0 aromatic heterocycles. The number of rotatable bonds is 5.